The molecule has 1 saturated heterocycles. The van der Waals surface area contributed by atoms with Crippen molar-refractivity contribution in [2.24, 2.45) is 0 Å². The summed E-state index contributed by atoms with van der Waals surface area (Å²) < 4.78 is 10.6. The van der Waals surface area contributed by atoms with Crippen LogP contribution in [-0.2, 0) is 4.74 Å². The summed E-state index contributed by atoms with van der Waals surface area (Å²) >= 11 is 0. The first-order valence-electron chi connectivity index (χ1n) is 9.46. The highest BCUT2D eigenvalue weighted by atomic mass is 16.5. The Morgan fingerprint density at radius 2 is 1.86 bits per heavy atom. The maximum atomic E-state index is 12.6. The van der Waals surface area contributed by atoms with Crippen LogP contribution in [-0.4, -0.2) is 49.5 Å². The maximum Gasteiger partial charge on any atom is 0.259 e. The van der Waals surface area contributed by atoms with Gasteiger partial charge in [-0.05, 0) is 36.4 Å². The normalized spacial score (nSPS) is 13.8. The van der Waals surface area contributed by atoms with E-state index in [4.69, 9.17) is 9.47 Å². The lowest BCUT2D eigenvalue weighted by molar-refractivity contribution is 0.102. The third-order valence-electron chi connectivity index (χ3n) is 4.75. The van der Waals surface area contributed by atoms with Crippen LogP contribution in [0.5, 0.6) is 5.75 Å². The molecule has 7 nitrogen and oxygen atoms in total. The fraction of sp³-hybridized carbons (Fsp3) is 0.227. The van der Waals surface area contributed by atoms with Crippen molar-refractivity contribution in [3.63, 3.8) is 0 Å². The van der Waals surface area contributed by atoms with Crippen molar-refractivity contribution in [2.75, 3.05) is 43.6 Å². The number of hydrogen-bond acceptors (Lipinski definition) is 6. The molecule has 4 rings (SSSR count). The number of para-hydroxylation sites is 1. The standard InChI is InChI=1S/C22H22N4O3/c1-28-20-8-3-2-7-18(20)22(27)23-17-6-4-5-16(15-17)19-9-10-21(25-24-19)26-11-13-29-14-12-26/h2-10,15H,11-14H2,1H3,(H,23,27). The van der Waals surface area contributed by atoms with E-state index in [0.29, 0.717) is 30.2 Å². The number of benzene rings is 2. The molecule has 0 atom stereocenters. The summed E-state index contributed by atoms with van der Waals surface area (Å²) in [6, 6.07) is 18.6. The van der Waals surface area contributed by atoms with E-state index in [-0.39, 0.29) is 5.91 Å². The Hall–Kier alpha value is -3.45. The zero-order valence-corrected chi connectivity index (χ0v) is 16.2. The van der Waals surface area contributed by atoms with Crippen molar-refractivity contribution in [3.05, 3.63) is 66.2 Å². The summed E-state index contributed by atoms with van der Waals surface area (Å²) in [5, 5.41) is 11.6. The number of amides is 1. The molecule has 0 spiro atoms. The third kappa shape index (κ3) is 4.35. The van der Waals surface area contributed by atoms with Gasteiger partial charge in [-0.25, -0.2) is 0 Å². The second-order valence-corrected chi connectivity index (χ2v) is 6.61. The summed E-state index contributed by atoms with van der Waals surface area (Å²) in [7, 11) is 1.55. The summed E-state index contributed by atoms with van der Waals surface area (Å²) in [6.45, 7) is 3.05. The molecule has 7 heteroatoms. The average Bonchev–Trinajstić information content (AvgIpc) is 2.80. The van der Waals surface area contributed by atoms with E-state index in [9.17, 15) is 4.79 Å². The highest BCUT2D eigenvalue weighted by molar-refractivity contribution is 6.06. The van der Waals surface area contributed by atoms with Crippen molar-refractivity contribution in [1.29, 1.82) is 0 Å². The fourth-order valence-corrected chi connectivity index (χ4v) is 3.23. The molecule has 0 aliphatic carbocycles. The Bertz CT molecular complexity index is 985. The van der Waals surface area contributed by atoms with Gasteiger partial charge in [-0.15, -0.1) is 10.2 Å². The van der Waals surface area contributed by atoms with Crippen molar-refractivity contribution < 1.29 is 14.3 Å². The van der Waals surface area contributed by atoms with Gasteiger partial charge in [-0.3, -0.25) is 4.79 Å². The van der Waals surface area contributed by atoms with Gasteiger partial charge in [0, 0.05) is 24.3 Å². The molecule has 1 aromatic heterocycles. The van der Waals surface area contributed by atoms with E-state index in [1.807, 2.05) is 42.5 Å². The predicted molar refractivity (Wildman–Crippen MR) is 111 cm³/mol. The summed E-state index contributed by atoms with van der Waals surface area (Å²) in [5.74, 6) is 1.15. The molecule has 29 heavy (non-hydrogen) atoms. The number of carbonyl (C=O) groups is 1. The number of methoxy groups -OCH3 is 1. The zero-order valence-electron chi connectivity index (χ0n) is 16.2. The first-order chi connectivity index (χ1) is 14.2. The van der Waals surface area contributed by atoms with Crippen LogP contribution in [0.25, 0.3) is 11.3 Å². The van der Waals surface area contributed by atoms with Crippen LogP contribution in [0.1, 0.15) is 10.4 Å². The number of carbonyl (C=O) groups excluding carboxylic acids is 1. The average molecular weight is 390 g/mol. The molecular weight excluding hydrogens is 368 g/mol. The topological polar surface area (TPSA) is 76.6 Å². The van der Waals surface area contributed by atoms with Gasteiger partial charge in [0.1, 0.15) is 5.75 Å². The van der Waals surface area contributed by atoms with Gasteiger partial charge >= 0.3 is 0 Å². The van der Waals surface area contributed by atoms with Crippen molar-refractivity contribution in [1.82, 2.24) is 10.2 Å². The molecule has 148 valence electrons. The van der Waals surface area contributed by atoms with Gasteiger partial charge in [0.05, 0.1) is 31.6 Å². The molecule has 0 saturated carbocycles. The minimum absolute atomic E-state index is 0.228. The summed E-state index contributed by atoms with van der Waals surface area (Å²) in [5.41, 5.74) is 2.78. The van der Waals surface area contributed by atoms with E-state index >= 15 is 0 Å². The Morgan fingerprint density at radius 1 is 1.03 bits per heavy atom. The number of hydrogen-bond donors (Lipinski definition) is 1. The molecule has 3 aromatic rings. The van der Waals surface area contributed by atoms with E-state index in [2.05, 4.69) is 20.4 Å². The number of aromatic nitrogens is 2. The van der Waals surface area contributed by atoms with Crippen LogP contribution in [0, 0.1) is 0 Å². The monoisotopic (exact) mass is 390 g/mol. The van der Waals surface area contributed by atoms with Crippen LogP contribution < -0.4 is 15.0 Å². The fourth-order valence-electron chi connectivity index (χ4n) is 3.23. The number of nitrogens with one attached hydrogen (secondary N) is 1. The van der Waals surface area contributed by atoms with E-state index in [1.165, 1.54) is 0 Å². The molecular formula is C22H22N4O3. The molecule has 2 aromatic carbocycles. The maximum absolute atomic E-state index is 12.6. The van der Waals surface area contributed by atoms with Gasteiger partial charge in [0.15, 0.2) is 5.82 Å². The Balaban J connectivity index is 1.50. The van der Waals surface area contributed by atoms with Crippen LogP contribution in [0.15, 0.2) is 60.7 Å². The van der Waals surface area contributed by atoms with Gasteiger partial charge in [-0.1, -0.05) is 24.3 Å². The second kappa shape index (κ2) is 8.70. The molecule has 1 aliphatic rings. The molecule has 1 fully saturated rings. The molecule has 0 radical (unpaired) electrons. The summed E-state index contributed by atoms with van der Waals surface area (Å²) in [4.78, 5) is 14.8. The molecule has 0 bridgehead atoms. The number of nitrogens with zero attached hydrogens (tertiary/aromatic N) is 3. The smallest absolute Gasteiger partial charge is 0.259 e. The number of morpholine rings is 1. The first-order valence-corrected chi connectivity index (χ1v) is 9.46. The van der Waals surface area contributed by atoms with Gasteiger partial charge in [0.25, 0.3) is 5.91 Å². The number of ether oxygens (including phenoxy) is 2. The van der Waals surface area contributed by atoms with Crippen LogP contribution >= 0.6 is 0 Å². The Morgan fingerprint density at radius 3 is 2.62 bits per heavy atom. The lowest BCUT2D eigenvalue weighted by Crippen LogP contribution is -2.36. The highest BCUT2D eigenvalue weighted by Gasteiger charge is 2.14. The van der Waals surface area contributed by atoms with Gasteiger partial charge < -0.3 is 19.7 Å². The van der Waals surface area contributed by atoms with E-state index in [0.717, 1.165) is 30.2 Å². The minimum atomic E-state index is -0.228. The van der Waals surface area contributed by atoms with Gasteiger partial charge in [0.2, 0.25) is 0 Å². The van der Waals surface area contributed by atoms with Crippen molar-refractivity contribution in [3.8, 4) is 17.0 Å². The van der Waals surface area contributed by atoms with Crippen molar-refractivity contribution >= 4 is 17.4 Å². The molecule has 0 unspecified atom stereocenters. The van der Waals surface area contributed by atoms with E-state index in [1.54, 1.807) is 25.3 Å². The molecule has 1 N–H and O–H groups in total. The molecule has 1 amide bonds. The summed E-state index contributed by atoms with van der Waals surface area (Å²) in [6.07, 6.45) is 0. The van der Waals surface area contributed by atoms with Crippen LogP contribution in [0.4, 0.5) is 11.5 Å². The highest BCUT2D eigenvalue weighted by Crippen LogP contribution is 2.24. The Kier molecular flexibility index (Phi) is 5.67. The largest absolute Gasteiger partial charge is 0.496 e. The van der Waals surface area contributed by atoms with E-state index < -0.39 is 0 Å². The predicted octanol–water partition coefficient (Wildman–Crippen LogP) is 3.24. The number of rotatable bonds is 5. The lowest BCUT2D eigenvalue weighted by atomic mass is 10.1. The zero-order chi connectivity index (χ0) is 20.1. The second-order valence-electron chi connectivity index (χ2n) is 6.61. The number of anilines is 2. The van der Waals surface area contributed by atoms with Gasteiger partial charge in [-0.2, -0.15) is 0 Å². The SMILES string of the molecule is COc1ccccc1C(=O)Nc1cccc(-c2ccc(N3CCOCC3)nn2)c1. The lowest BCUT2D eigenvalue weighted by Gasteiger charge is -2.27. The Labute approximate surface area is 169 Å². The van der Waals surface area contributed by atoms with Crippen LogP contribution in [0.2, 0.25) is 0 Å². The molecule has 1 aliphatic heterocycles. The van der Waals surface area contributed by atoms with Crippen LogP contribution in [0.3, 0.4) is 0 Å². The quantitative estimate of drug-likeness (QED) is 0.721. The first kappa shape index (κ1) is 18.9. The molecule has 2 heterocycles. The third-order valence-corrected chi connectivity index (χ3v) is 4.75. The minimum Gasteiger partial charge on any atom is -0.496 e. The van der Waals surface area contributed by atoms with Crippen molar-refractivity contribution in [2.45, 2.75) is 0 Å².